The van der Waals surface area contributed by atoms with Gasteiger partial charge in [0.1, 0.15) is 0 Å². The van der Waals surface area contributed by atoms with Crippen LogP contribution in [0.25, 0.3) is 0 Å². The van der Waals surface area contributed by atoms with Gasteiger partial charge in [-0.2, -0.15) is 0 Å². The lowest BCUT2D eigenvalue weighted by molar-refractivity contribution is -0.106. The predicted molar refractivity (Wildman–Crippen MR) is 41.8 cm³/mol. The van der Waals surface area contributed by atoms with Crippen LogP contribution in [-0.4, -0.2) is 11.4 Å². The van der Waals surface area contributed by atoms with Crippen LogP contribution in [0, 0.1) is 13.8 Å². The van der Waals surface area contributed by atoms with Gasteiger partial charge < -0.3 is 5.73 Å². The molecule has 1 aromatic rings. The molecular formula is C6H10N2OS. The normalized spacial score (nSPS) is 7.80. The number of primary amides is 1. The molecule has 56 valence electrons. The molecule has 0 spiro atoms. The number of aryl methyl sites for hydroxylation is 2. The van der Waals surface area contributed by atoms with E-state index in [1.54, 1.807) is 11.3 Å². The van der Waals surface area contributed by atoms with Gasteiger partial charge in [-0.1, -0.05) is 0 Å². The summed E-state index contributed by atoms with van der Waals surface area (Å²) in [5.41, 5.74) is 5.29. The van der Waals surface area contributed by atoms with E-state index in [4.69, 9.17) is 4.79 Å². The van der Waals surface area contributed by atoms with Gasteiger partial charge in [0, 0.05) is 11.1 Å². The predicted octanol–water partition coefficient (Wildman–Crippen LogP) is 0.861. The molecular weight excluding hydrogens is 148 g/mol. The lowest BCUT2D eigenvalue weighted by Gasteiger charge is -1.71. The molecule has 0 saturated carbocycles. The summed E-state index contributed by atoms with van der Waals surface area (Å²) in [7, 11) is 0. The Morgan fingerprint density at radius 1 is 1.70 bits per heavy atom. The van der Waals surface area contributed by atoms with Gasteiger partial charge in [0.15, 0.2) is 0 Å². The van der Waals surface area contributed by atoms with Crippen LogP contribution in [-0.2, 0) is 4.79 Å². The number of nitrogens with zero attached hydrogens (tertiary/aromatic N) is 1. The van der Waals surface area contributed by atoms with Crippen LogP contribution in [0.3, 0.4) is 0 Å². The highest BCUT2D eigenvalue weighted by atomic mass is 32.1. The van der Waals surface area contributed by atoms with Gasteiger partial charge in [-0.3, -0.25) is 4.79 Å². The molecule has 0 atom stereocenters. The third-order valence-electron chi connectivity index (χ3n) is 0.734. The maximum Gasteiger partial charge on any atom is 0.204 e. The Labute approximate surface area is 63.9 Å². The van der Waals surface area contributed by atoms with Crippen molar-refractivity contribution >= 4 is 17.7 Å². The molecule has 10 heavy (non-hydrogen) atoms. The van der Waals surface area contributed by atoms with Crippen molar-refractivity contribution in [1.82, 2.24) is 4.98 Å². The standard InChI is InChI=1S/C5H7NS.CH3NO/c1-4-3-7-5(2)6-4;2-1-3/h3H,1-2H3;1H,(H2,2,3). The summed E-state index contributed by atoms with van der Waals surface area (Å²) in [5.74, 6) is 0. The Kier molecular flexibility index (Phi) is 4.49. The van der Waals surface area contributed by atoms with Crippen LogP contribution in [0.4, 0.5) is 0 Å². The summed E-state index contributed by atoms with van der Waals surface area (Å²) in [6.45, 7) is 4.02. The quantitative estimate of drug-likeness (QED) is 0.569. The maximum atomic E-state index is 8.58. The van der Waals surface area contributed by atoms with Gasteiger partial charge in [-0.05, 0) is 13.8 Å². The van der Waals surface area contributed by atoms with Crippen molar-refractivity contribution in [1.29, 1.82) is 0 Å². The Balaban J connectivity index is 0.000000236. The van der Waals surface area contributed by atoms with Gasteiger partial charge in [0.2, 0.25) is 6.41 Å². The third kappa shape index (κ3) is 4.03. The highest BCUT2D eigenvalue weighted by Crippen LogP contribution is 2.04. The van der Waals surface area contributed by atoms with Gasteiger partial charge in [0.25, 0.3) is 0 Å². The number of hydrogen-bond acceptors (Lipinski definition) is 3. The van der Waals surface area contributed by atoms with E-state index in [0.29, 0.717) is 0 Å². The first-order chi connectivity index (χ1) is 4.70. The molecule has 0 aliphatic heterocycles. The Morgan fingerprint density at radius 3 is 2.30 bits per heavy atom. The second-order valence-corrected chi connectivity index (χ2v) is 2.71. The molecule has 1 rings (SSSR count). The lowest BCUT2D eigenvalue weighted by Crippen LogP contribution is -1.82. The number of hydrogen-bond donors (Lipinski definition) is 1. The van der Waals surface area contributed by atoms with Crippen LogP contribution in [0.5, 0.6) is 0 Å². The van der Waals surface area contributed by atoms with Gasteiger partial charge >= 0.3 is 0 Å². The zero-order chi connectivity index (χ0) is 7.98. The minimum absolute atomic E-state index is 0.250. The maximum absolute atomic E-state index is 8.58. The number of amides is 1. The molecule has 0 aliphatic rings. The Morgan fingerprint density at radius 2 is 2.20 bits per heavy atom. The molecule has 0 aliphatic carbocycles. The fraction of sp³-hybridized carbons (Fsp3) is 0.333. The number of thiazole rings is 1. The van der Waals surface area contributed by atoms with Gasteiger partial charge in [0.05, 0.1) is 5.01 Å². The van der Waals surface area contributed by atoms with Crippen LogP contribution in [0.2, 0.25) is 0 Å². The Hall–Kier alpha value is -0.900. The lowest BCUT2D eigenvalue weighted by atomic mass is 10.6. The van der Waals surface area contributed by atoms with Crippen LogP contribution < -0.4 is 5.73 Å². The van der Waals surface area contributed by atoms with Crippen molar-refractivity contribution in [3.8, 4) is 0 Å². The van der Waals surface area contributed by atoms with Crippen molar-refractivity contribution in [2.75, 3.05) is 0 Å². The molecule has 3 nitrogen and oxygen atoms in total. The van der Waals surface area contributed by atoms with Crippen molar-refractivity contribution in [3.05, 3.63) is 16.1 Å². The molecule has 0 bridgehead atoms. The van der Waals surface area contributed by atoms with E-state index in [1.165, 1.54) is 0 Å². The Bertz CT molecular complexity index is 181. The number of aromatic nitrogens is 1. The minimum atomic E-state index is 0.250. The molecule has 0 saturated heterocycles. The smallest absolute Gasteiger partial charge is 0.204 e. The van der Waals surface area contributed by atoms with E-state index in [9.17, 15) is 0 Å². The molecule has 1 aromatic heterocycles. The number of rotatable bonds is 0. The highest BCUT2D eigenvalue weighted by Gasteiger charge is 1.85. The van der Waals surface area contributed by atoms with Crippen LogP contribution in [0.15, 0.2) is 5.38 Å². The van der Waals surface area contributed by atoms with E-state index in [-0.39, 0.29) is 6.41 Å². The van der Waals surface area contributed by atoms with E-state index < -0.39 is 0 Å². The van der Waals surface area contributed by atoms with Crippen LogP contribution in [0.1, 0.15) is 10.7 Å². The average Bonchev–Trinajstić information content (AvgIpc) is 2.17. The largest absolute Gasteiger partial charge is 0.372 e. The summed E-state index contributed by atoms with van der Waals surface area (Å²) in [6.07, 6.45) is 0.250. The molecule has 0 unspecified atom stereocenters. The zero-order valence-corrected chi connectivity index (χ0v) is 6.81. The molecule has 0 fully saturated rings. The fourth-order valence-electron chi connectivity index (χ4n) is 0.472. The first-order valence-electron chi connectivity index (χ1n) is 2.74. The molecule has 4 heteroatoms. The van der Waals surface area contributed by atoms with Crippen LogP contribution >= 0.6 is 11.3 Å². The number of carbonyl (C=O) groups is 1. The number of nitrogens with two attached hydrogens (primary N) is 1. The molecule has 0 radical (unpaired) electrons. The summed E-state index contributed by atoms with van der Waals surface area (Å²) in [5, 5.41) is 3.20. The first kappa shape index (κ1) is 9.10. The first-order valence-corrected chi connectivity index (χ1v) is 3.62. The van der Waals surface area contributed by atoms with E-state index in [1.807, 2.05) is 13.8 Å². The second kappa shape index (κ2) is 4.93. The van der Waals surface area contributed by atoms with Crippen molar-refractivity contribution in [2.24, 2.45) is 5.73 Å². The topological polar surface area (TPSA) is 56.0 Å². The number of carbonyl (C=O) groups excluding carboxylic acids is 1. The van der Waals surface area contributed by atoms with E-state index >= 15 is 0 Å². The summed E-state index contributed by atoms with van der Waals surface area (Å²) in [6, 6.07) is 0. The SMILES string of the molecule is Cc1csc(C)n1.NC=O. The van der Waals surface area contributed by atoms with Crippen molar-refractivity contribution < 1.29 is 4.79 Å². The monoisotopic (exact) mass is 158 g/mol. The third-order valence-corrected chi connectivity index (χ3v) is 1.63. The second-order valence-electron chi connectivity index (χ2n) is 1.64. The zero-order valence-electron chi connectivity index (χ0n) is 6.00. The summed E-state index contributed by atoms with van der Waals surface area (Å²) >= 11 is 1.69. The molecule has 0 aromatic carbocycles. The molecule has 1 heterocycles. The molecule has 2 N–H and O–H groups in total. The summed E-state index contributed by atoms with van der Waals surface area (Å²) in [4.78, 5) is 12.7. The van der Waals surface area contributed by atoms with Gasteiger partial charge in [-0.15, -0.1) is 11.3 Å². The average molecular weight is 158 g/mol. The minimum Gasteiger partial charge on any atom is -0.372 e. The van der Waals surface area contributed by atoms with Crippen molar-refractivity contribution in [3.63, 3.8) is 0 Å². The van der Waals surface area contributed by atoms with E-state index in [0.717, 1.165) is 10.7 Å². The van der Waals surface area contributed by atoms with Gasteiger partial charge in [-0.25, -0.2) is 4.98 Å². The fourth-order valence-corrected chi connectivity index (χ4v) is 1.06. The molecule has 1 amide bonds. The highest BCUT2D eigenvalue weighted by molar-refractivity contribution is 7.09. The summed E-state index contributed by atoms with van der Waals surface area (Å²) < 4.78 is 0. The van der Waals surface area contributed by atoms with Crippen molar-refractivity contribution in [2.45, 2.75) is 13.8 Å². The van der Waals surface area contributed by atoms with E-state index in [2.05, 4.69) is 16.1 Å².